The zero-order valence-corrected chi connectivity index (χ0v) is 25.1. The van der Waals surface area contributed by atoms with Gasteiger partial charge in [-0.05, 0) is 0 Å². The van der Waals surface area contributed by atoms with Crippen LogP contribution in [0.5, 0.6) is 0 Å². The van der Waals surface area contributed by atoms with Gasteiger partial charge in [0.2, 0.25) is 0 Å². The zero-order valence-electron chi connectivity index (χ0n) is 20.7. The van der Waals surface area contributed by atoms with Gasteiger partial charge in [0.15, 0.2) is 16.8 Å². The van der Waals surface area contributed by atoms with Gasteiger partial charge in [-0.15, -0.1) is 0 Å². The minimum atomic E-state index is -2.74. The van der Waals surface area contributed by atoms with Crippen LogP contribution in [0.2, 0.25) is 0 Å². The molecule has 0 rings (SSSR count). The summed E-state index contributed by atoms with van der Waals surface area (Å²) in [6.07, 6.45) is -6.87. The summed E-state index contributed by atoms with van der Waals surface area (Å²) in [6, 6.07) is 0. The summed E-state index contributed by atoms with van der Waals surface area (Å²) in [5.41, 5.74) is -8.22. The SMILES string of the molecule is O=C(O)CC(O)(CC(=O)O)C(=O)O.O=C(O)CC(O)(CC(=O)O)C(=O)O.O=C(O)CC(O)(CC(=O)O)C(=O)O.[Fe].[Fe].[Fe].[Fe]. The molecule has 25 heteroatoms. The monoisotopic (exact) mass is 800 g/mol. The van der Waals surface area contributed by atoms with Gasteiger partial charge in [-0.1, -0.05) is 0 Å². The molecule has 0 saturated heterocycles. The normalized spacial score (nSPS) is 9.84. The Labute approximate surface area is 280 Å². The molecule has 0 fully saturated rings. The van der Waals surface area contributed by atoms with E-state index in [0.717, 1.165) is 0 Å². The molecule has 0 aliphatic rings. The molecule has 254 valence electrons. The van der Waals surface area contributed by atoms with E-state index in [4.69, 9.17) is 61.3 Å². The fraction of sp³-hybridized carbons (Fsp3) is 0.500. The molecule has 0 aromatic heterocycles. The van der Waals surface area contributed by atoms with E-state index >= 15 is 0 Å². The molecule has 0 unspecified atom stereocenters. The standard InChI is InChI=1S/3C6H8O7.4Fe/c3*7-3(8)1-6(13,5(11)12)2-4(9)10;;;;/h3*13H,1-2H2,(H,7,8)(H,9,10)(H,11,12);;;;. The van der Waals surface area contributed by atoms with Crippen molar-refractivity contribution in [2.24, 2.45) is 0 Å². The molecule has 21 nitrogen and oxygen atoms in total. The molecular formula is C18H24Fe4O21. The Morgan fingerprint density at radius 1 is 0.302 bits per heavy atom. The second-order valence-corrected chi connectivity index (χ2v) is 7.43. The van der Waals surface area contributed by atoms with Crippen LogP contribution in [0.3, 0.4) is 0 Å². The first-order chi connectivity index (χ1) is 17.3. The molecule has 0 bridgehead atoms. The maximum absolute atomic E-state index is 10.3. The number of hydrogen-bond acceptors (Lipinski definition) is 12. The minimum absolute atomic E-state index is 0. The van der Waals surface area contributed by atoms with Crippen LogP contribution >= 0.6 is 0 Å². The Bertz CT molecular complexity index is 825. The molecule has 0 aromatic carbocycles. The van der Waals surface area contributed by atoms with Crippen LogP contribution < -0.4 is 0 Å². The average Bonchev–Trinajstić information content (AvgIpc) is 2.64. The third-order valence-electron chi connectivity index (χ3n) is 3.86. The Balaban J connectivity index is -0.0000000864. The summed E-state index contributed by atoms with van der Waals surface area (Å²) in [7, 11) is 0. The molecule has 43 heavy (non-hydrogen) atoms. The summed E-state index contributed by atoms with van der Waals surface area (Å²) in [4.78, 5) is 91.5. The minimum Gasteiger partial charge on any atom is -0.481 e. The first-order valence-corrected chi connectivity index (χ1v) is 9.51. The summed E-state index contributed by atoms with van der Waals surface area (Å²) in [6.45, 7) is 0. The first-order valence-electron chi connectivity index (χ1n) is 9.51. The van der Waals surface area contributed by atoms with E-state index in [1.54, 1.807) is 0 Å². The summed E-state index contributed by atoms with van der Waals surface area (Å²) < 4.78 is 0. The Kier molecular flexibility index (Phi) is 32.1. The van der Waals surface area contributed by atoms with Crippen LogP contribution in [0.25, 0.3) is 0 Å². The van der Waals surface area contributed by atoms with E-state index in [2.05, 4.69) is 0 Å². The topological polar surface area (TPSA) is 396 Å². The molecule has 0 aliphatic heterocycles. The number of aliphatic carboxylic acids is 9. The van der Waals surface area contributed by atoms with Crippen LogP contribution in [0.4, 0.5) is 0 Å². The van der Waals surface area contributed by atoms with Crippen molar-refractivity contribution in [1.82, 2.24) is 0 Å². The van der Waals surface area contributed by atoms with Gasteiger partial charge in [0.05, 0.1) is 38.5 Å². The zero-order chi connectivity index (χ0) is 31.9. The van der Waals surface area contributed by atoms with Crippen molar-refractivity contribution in [3.05, 3.63) is 0 Å². The number of aliphatic hydroxyl groups is 3. The molecule has 0 atom stereocenters. The van der Waals surface area contributed by atoms with Crippen molar-refractivity contribution in [3.63, 3.8) is 0 Å². The number of carboxylic acids is 9. The maximum atomic E-state index is 10.3. The summed E-state index contributed by atoms with van der Waals surface area (Å²) >= 11 is 0. The van der Waals surface area contributed by atoms with Crippen molar-refractivity contribution in [1.29, 1.82) is 0 Å². The number of rotatable bonds is 15. The van der Waals surface area contributed by atoms with E-state index in [1.165, 1.54) is 0 Å². The van der Waals surface area contributed by atoms with Crippen LogP contribution in [0, 0.1) is 0 Å². The van der Waals surface area contributed by atoms with Crippen LogP contribution in [0.15, 0.2) is 0 Å². The molecule has 0 aliphatic carbocycles. The van der Waals surface area contributed by atoms with E-state index in [-0.39, 0.29) is 68.3 Å². The molecule has 0 spiro atoms. The molecule has 0 aromatic rings. The molecule has 12 N–H and O–H groups in total. The second kappa shape index (κ2) is 24.6. The van der Waals surface area contributed by atoms with Crippen LogP contribution in [0.1, 0.15) is 38.5 Å². The van der Waals surface area contributed by atoms with E-state index < -0.39 is 109 Å². The molecular weight excluding hydrogens is 776 g/mol. The van der Waals surface area contributed by atoms with Gasteiger partial charge in [0.25, 0.3) is 0 Å². The molecule has 0 saturated carbocycles. The quantitative estimate of drug-likeness (QED) is 0.0708. The summed E-state index contributed by atoms with van der Waals surface area (Å²) in [5, 5.41) is 101. The first kappa shape index (κ1) is 56.0. The van der Waals surface area contributed by atoms with E-state index in [1.807, 2.05) is 0 Å². The van der Waals surface area contributed by atoms with Gasteiger partial charge in [0, 0.05) is 68.3 Å². The Hall–Kier alpha value is -2.81. The van der Waals surface area contributed by atoms with Crippen molar-refractivity contribution in [2.75, 3.05) is 0 Å². The number of carbonyl (C=O) groups is 9. The third-order valence-corrected chi connectivity index (χ3v) is 3.86. The van der Waals surface area contributed by atoms with Gasteiger partial charge >= 0.3 is 53.7 Å². The smallest absolute Gasteiger partial charge is 0.336 e. The predicted octanol–water partition coefficient (Wildman–Crippen LogP) is -3.76. The predicted molar refractivity (Wildman–Crippen MR) is 111 cm³/mol. The fourth-order valence-corrected chi connectivity index (χ4v) is 2.14. The molecule has 0 heterocycles. The Morgan fingerprint density at radius 3 is 0.442 bits per heavy atom. The number of hydrogen-bond donors (Lipinski definition) is 12. The van der Waals surface area contributed by atoms with E-state index in [9.17, 15) is 43.2 Å². The van der Waals surface area contributed by atoms with Crippen LogP contribution in [-0.4, -0.2) is 132 Å². The van der Waals surface area contributed by atoms with Crippen molar-refractivity contribution < 1.29 is 173 Å². The third kappa shape index (κ3) is 26.5. The summed E-state index contributed by atoms with van der Waals surface area (Å²) in [5.74, 6) is -15.1. The van der Waals surface area contributed by atoms with Crippen molar-refractivity contribution in [3.8, 4) is 0 Å². The van der Waals surface area contributed by atoms with Crippen molar-refractivity contribution >= 4 is 53.7 Å². The van der Waals surface area contributed by atoms with Gasteiger partial charge in [-0.25, -0.2) is 14.4 Å². The maximum Gasteiger partial charge on any atom is 0.336 e. The van der Waals surface area contributed by atoms with E-state index in [0.29, 0.717) is 0 Å². The largest absolute Gasteiger partial charge is 0.481 e. The second-order valence-electron chi connectivity index (χ2n) is 7.43. The number of carboxylic acid groups (broad SMARTS) is 9. The average molecular weight is 800 g/mol. The molecule has 0 amide bonds. The van der Waals surface area contributed by atoms with Crippen molar-refractivity contribution in [2.45, 2.75) is 55.3 Å². The van der Waals surface area contributed by atoms with Gasteiger partial charge in [-0.3, -0.25) is 28.8 Å². The van der Waals surface area contributed by atoms with Gasteiger partial charge in [-0.2, -0.15) is 0 Å². The van der Waals surface area contributed by atoms with Gasteiger partial charge < -0.3 is 61.3 Å². The van der Waals surface area contributed by atoms with Gasteiger partial charge in [0.1, 0.15) is 0 Å². The van der Waals surface area contributed by atoms with Crippen LogP contribution in [-0.2, 0) is 111 Å². The fourth-order valence-electron chi connectivity index (χ4n) is 2.14. The molecule has 0 radical (unpaired) electrons. The Morgan fingerprint density at radius 2 is 0.395 bits per heavy atom.